The smallest absolute Gasteiger partial charge is 0.222 e. The molecule has 0 radical (unpaired) electrons. The van der Waals surface area contributed by atoms with Crippen molar-refractivity contribution in [2.45, 2.75) is 26.2 Å². The van der Waals surface area contributed by atoms with E-state index in [1.807, 2.05) is 20.8 Å². The Morgan fingerprint density at radius 3 is 2.23 bits per heavy atom. The molecule has 0 fully saturated rings. The largest absolute Gasteiger partial charge is 0.422 e. The maximum Gasteiger partial charge on any atom is 0.222 e. The van der Waals surface area contributed by atoms with Crippen molar-refractivity contribution in [3.05, 3.63) is 57.6 Å². The van der Waals surface area contributed by atoms with E-state index in [0.29, 0.717) is 33.8 Å². The van der Waals surface area contributed by atoms with Gasteiger partial charge in [-0.15, -0.1) is 0 Å². The number of nitrogens with one attached hydrogen (secondary N) is 1. The van der Waals surface area contributed by atoms with E-state index in [4.69, 9.17) is 10.5 Å². The fraction of sp³-hybridized carbons (Fsp3) is 0.263. The molecule has 3 rings (SSSR count). The predicted molar refractivity (Wildman–Crippen MR) is 92.3 cm³/mol. The maximum absolute atomic E-state index is 9.89. The first-order chi connectivity index (χ1) is 12.4. The molecule has 2 heterocycles. The van der Waals surface area contributed by atoms with Crippen molar-refractivity contribution < 1.29 is 4.74 Å². The van der Waals surface area contributed by atoms with Gasteiger partial charge < -0.3 is 10.5 Å². The maximum atomic E-state index is 9.89. The van der Waals surface area contributed by atoms with Gasteiger partial charge in [-0.2, -0.15) is 20.9 Å². The molecule has 1 aliphatic heterocycles. The van der Waals surface area contributed by atoms with E-state index in [-0.39, 0.29) is 17.4 Å². The summed E-state index contributed by atoms with van der Waals surface area (Å²) < 4.78 is 5.58. The van der Waals surface area contributed by atoms with Gasteiger partial charge in [-0.25, -0.2) is 5.10 Å². The molecule has 7 heteroatoms. The SMILES string of the molecule is Cc1n[nH]c2c1C(c1cc(C#N)cc(C#N)c1)(C(C)C)C(C#N)=C(N)O2. The lowest BCUT2D eigenvalue weighted by Gasteiger charge is -2.41. The highest BCUT2D eigenvalue weighted by Crippen LogP contribution is 2.52. The summed E-state index contributed by atoms with van der Waals surface area (Å²) in [5, 5.41) is 35.7. The summed E-state index contributed by atoms with van der Waals surface area (Å²) in [6.07, 6.45) is 0. The molecule has 7 nitrogen and oxygen atoms in total. The molecule has 1 aromatic heterocycles. The van der Waals surface area contributed by atoms with Crippen molar-refractivity contribution in [2.75, 3.05) is 0 Å². The van der Waals surface area contributed by atoms with Crippen LogP contribution in [0.3, 0.4) is 0 Å². The van der Waals surface area contributed by atoms with Gasteiger partial charge in [0.05, 0.1) is 39.9 Å². The number of H-pyrrole nitrogens is 1. The second-order valence-electron chi connectivity index (χ2n) is 6.45. The summed E-state index contributed by atoms with van der Waals surface area (Å²) in [5.74, 6) is 0.224. The van der Waals surface area contributed by atoms with Crippen molar-refractivity contribution in [1.82, 2.24) is 10.2 Å². The molecule has 0 saturated carbocycles. The quantitative estimate of drug-likeness (QED) is 0.859. The number of benzene rings is 1. The fourth-order valence-corrected chi connectivity index (χ4v) is 3.76. The molecule has 3 N–H and O–H groups in total. The first-order valence-electron chi connectivity index (χ1n) is 7.99. The summed E-state index contributed by atoms with van der Waals surface area (Å²) in [4.78, 5) is 0. The van der Waals surface area contributed by atoms with Crippen LogP contribution in [0.15, 0.2) is 29.7 Å². The number of ether oxygens (including phenoxy) is 1. The molecule has 2 aromatic rings. The third-order valence-corrected chi connectivity index (χ3v) is 4.79. The lowest BCUT2D eigenvalue weighted by atomic mass is 9.61. The van der Waals surface area contributed by atoms with Gasteiger partial charge in [0.1, 0.15) is 11.6 Å². The van der Waals surface area contributed by atoms with Crippen molar-refractivity contribution >= 4 is 0 Å². The highest BCUT2D eigenvalue weighted by molar-refractivity contribution is 5.63. The van der Waals surface area contributed by atoms with Gasteiger partial charge in [-0.05, 0) is 36.6 Å². The van der Waals surface area contributed by atoms with E-state index >= 15 is 0 Å². The number of allylic oxidation sites excluding steroid dienone is 1. The molecule has 1 unspecified atom stereocenters. The average molecular weight is 344 g/mol. The Balaban J connectivity index is 2.51. The minimum atomic E-state index is -0.984. The summed E-state index contributed by atoms with van der Waals surface area (Å²) >= 11 is 0. The highest BCUT2D eigenvalue weighted by Gasteiger charge is 2.50. The van der Waals surface area contributed by atoms with Gasteiger partial charge in [0.25, 0.3) is 0 Å². The molecule has 26 heavy (non-hydrogen) atoms. The predicted octanol–water partition coefficient (Wildman–Crippen LogP) is 2.49. The average Bonchev–Trinajstić information content (AvgIpc) is 3.00. The zero-order valence-electron chi connectivity index (χ0n) is 14.6. The van der Waals surface area contributed by atoms with Crippen molar-refractivity contribution in [1.29, 1.82) is 15.8 Å². The first-order valence-corrected chi connectivity index (χ1v) is 7.99. The number of nitrogens with zero attached hydrogens (tertiary/aromatic N) is 4. The monoisotopic (exact) mass is 344 g/mol. The Morgan fingerprint density at radius 1 is 1.12 bits per heavy atom. The fourth-order valence-electron chi connectivity index (χ4n) is 3.76. The normalized spacial score (nSPS) is 18.5. The molecule has 0 aliphatic carbocycles. The van der Waals surface area contributed by atoms with Gasteiger partial charge in [-0.3, -0.25) is 0 Å². The summed E-state index contributed by atoms with van der Waals surface area (Å²) in [5.41, 5.74) is 7.98. The standard InChI is InChI=1S/C19H16N6O/c1-10(2)19(14-5-12(7-20)4-13(6-14)8-21)15(9-22)17(23)26-18-16(19)11(3)24-25-18/h4-6,10H,23H2,1-3H3,(H,24,25). The summed E-state index contributed by atoms with van der Waals surface area (Å²) in [6, 6.07) is 11.2. The van der Waals surface area contributed by atoms with Gasteiger partial charge in [-0.1, -0.05) is 13.8 Å². The third kappa shape index (κ3) is 2.13. The number of aromatic nitrogens is 2. The number of aromatic amines is 1. The molecule has 1 atom stereocenters. The van der Waals surface area contributed by atoms with E-state index in [1.54, 1.807) is 12.1 Å². The minimum absolute atomic E-state index is 0.0155. The Bertz CT molecular complexity index is 1020. The Morgan fingerprint density at radius 2 is 1.73 bits per heavy atom. The number of hydrogen-bond acceptors (Lipinski definition) is 6. The number of nitriles is 3. The van der Waals surface area contributed by atoms with Crippen LogP contribution in [0.25, 0.3) is 0 Å². The molecule has 0 saturated heterocycles. The van der Waals surface area contributed by atoms with Crippen LogP contribution in [0.1, 0.15) is 41.8 Å². The third-order valence-electron chi connectivity index (χ3n) is 4.79. The molecule has 128 valence electrons. The topological polar surface area (TPSA) is 135 Å². The van der Waals surface area contributed by atoms with Crippen LogP contribution in [-0.4, -0.2) is 10.2 Å². The van der Waals surface area contributed by atoms with Crippen molar-refractivity contribution in [3.8, 4) is 24.1 Å². The van der Waals surface area contributed by atoms with Crippen LogP contribution < -0.4 is 10.5 Å². The molecule has 0 bridgehead atoms. The molecule has 1 aliphatic rings. The number of aryl methyl sites for hydroxylation is 1. The highest BCUT2D eigenvalue weighted by atomic mass is 16.5. The number of fused-ring (bicyclic) bond motifs is 1. The van der Waals surface area contributed by atoms with Crippen LogP contribution in [0.5, 0.6) is 5.88 Å². The molecule has 1 aromatic carbocycles. The van der Waals surface area contributed by atoms with Crippen LogP contribution in [-0.2, 0) is 5.41 Å². The van der Waals surface area contributed by atoms with Crippen molar-refractivity contribution in [2.24, 2.45) is 11.7 Å². The number of hydrogen-bond donors (Lipinski definition) is 2. The van der Waals surface area contributed by atoms with Gasteiger partial charge in [0.2, 0.25) is 11.8 Å². The summed E-state index contributed by atoms with van der Waals surface area (Å²) in [7, 11) is 0. The first kappa shape index (κ1) is 17.1. The van der Waals surface area contributed by atoms with E-state index < -0.39 is 5.41 Å². The van der Waals surface area contributed by atoms with E-state index in [9.17, 15) is 15.8 Å². The number of rotatable bonds is 2. The van der Waals surface area contributed by atoms with Crippen LogP contribution in [0.2, 0.25) is 0 Å². The second-order valence-corrected chi connectivity index (χ2v) is 6.45. The van der Waals surface area contributed by atoms with Gasteiger partial charge in [0, 0.05) is 0 Å². The van der Waals surface area contributed by atoms with E-state index in [1.165, 1.54) is 6.07 Å². The minimum Gasteiger partial charge on any atom is -0.422 e. The molecule has 0 amide bonds. The molecule has 0 spiro atoms. The van der Waals surface area contributed by atoms with Crippen molar-refractivity contribution in [3.63, 3.8) is 0 Å². The second kappa shape index (κ2) is 5.95. The number of nitrogens with two attached hydrogens (primary N) is 1. The lowest BCUT2D eigenvalue weighted by molar-refractivity contribution is 0.323. The van der Waals surface area contributed by atoms with Gasteiger partial charge in [0.15, 0.2) is 0 Å². The Hall–Kier alpha value is -3.76. The van der Waals surface area contributed by atoms with E-state index in [2.05, 4.69) is 28.4 Å². The Kier molecular flexibility index (Phi) is 3.91. The van der Waals surface area contributed by atoms with Crippen LogP contribution in [0.4, 0.5) is 0 Å². The van der Waals surface area contributed by atoms with E-state index in [0.717, 1.165) is 0 Å². The summed E-state index contributed by atoms with van der Waals surface area (Å²) in [6.45, 7) is 5.72. The zero-order chi connectivity index (χ0) is 19.1. The van der Waals surface area contributed by atoms with Gasteiger partial charge >= 0.3 is 0 Å². The Labute approximate surface area is 150 Å². The zero-order valence-corrected chi connectivity index (χ0v) is 14.6. The lowest BCUT2D eigenvalue weighted by Crippen LogP contribution is -2.41. The molecular weight excluding hydrogens is 328 g/mol. The van der Waals surface area contributed by atoms with Crippen LogP contribution >= 0.6 is 0 Å². The van der Waals surface area contributed by atoms with Crippen LogP contribution in [0, 0.1) is 46.8 Å². The molecular formula is C19H16N6O.